The summed E-state index contributed by atoms with van der Waals surface area (Å²) in [5, 5.41) is 3.57. The van der Waals surface area contributed by atoms with Crippen molar-refractivity contribution >= 4 is 5.69 Å². The molecule has 0 aliphatic carbocycles. The van der Waals surface area contributed by atoms with E-state index in [0.29, 0.717) is 5.92 Å². The number of nitrogens with one attached hydrogen (secondary N) is 1. The van der Waals surface area contributed by atoms with Crippen molar-refractivity contribution in [3.05, 3.63) is 23.5 Å². The molecule has 0 spiro atoms. The second-order valence-electron chi connectivity index (χ2n) is 7.11. The number of nitrogens with zero attached hydrogens (tertiary/aromatic N) is 2. The van der Waals surface area contributed by atoms with Crippen LogP contribution in [0.15, 0.2) is 12.3 Å². The minimum Gasteiger partial charge on any atom is -0.384 e. The first-order valence-electron chi connectivity index (χ1n) is 7.83. The lowest BCUT2D eigenvalue weighted by molar-refractivity contribution is 0.161. The SMILES string of the molecule is COCC1CCN(c2cc(C)ncc2CNC(C)(C)C)C1. The molecule has 21 heavy (non-hydrogen) atoms. The average Bonchev–Trinajstić information content (AvgIpc) is 2.85. The van der Waals surface area contributed by atoms with Gasteiger partial charge < -0.3 is 15.0 Å². The predicted octanol–water partition coefficient (Wildman–Crippen LogP) is 2.75. The fourth-order valence-electron chi connectivity index (χ4n) is 2.79. The number of hydrogen-bond donors (Lipinski definition) is 1. The van der Waals surface area contributed by atoms with Crippen molar-refractivity contribution in [3.8, 4) is 0 Å². The third-order valence-electron chi connectivity index (χ3n) is 3.94. The largest absolute Gasteiger partial charge is 0.384 e. The Kier molecular flexibility index (Phi) is 5.22. The van der Waals surface area contributed by atoms with E-state index in [1.807, 2.05) is 6.20 Å². The predicted molar refractivity (Wildman–Crippen MR) is 87.8 cm³/mol. The summed E-state index contributed by atoms with van der Waals surface area (Å²) in [6.07, 6.45) is 3.23. The van der Waals surface area contributed by atoms with Gasteiger partial charge in [0.2, 0.25) is 0 Å². The Bertz CT molecular complexity index is 468. The van der Waals surface area contributed by atoms with Crippen LogP contribution < -0.4 is 10.2 Å². The van der Waals surface area contributed by atoms with Gasteiger partial charge in [-0.1, -0.05) is 0 Å². The molecule has 0 radical (unpaired) electrons. The van der Waals surface area contributed by atoms with Gasteiger partial charge in [0.05, 0.1) is 6.61 Å². The molecule has 1 unspecified atom stereocenters. The Balaban J connectivity index is 2.12. The molecule has 4 nitrogen and oxygen atoms in total. The van der Waals surface area contributed by atoms with E-state index in [-0.39, 0.29) is 5.54 Å². The number of ether oxygens (including phenoxy) is 1. The lowest BCUT2D eigenvalue weighted by atomic mass is 10.1. The molecule has 118 valence electrons. The average molecular weight is 291 g/mol. The molecule has 1 aliphatic rings. The van der Waals surface area contributed by atoms with Gasteiger partial charge in [0, 0.05) is 61.3 Å². The normalized spacial score (nSPS) is 19.3. The van der Waals surface area contributed by atoms with Crippen LogP contribution in [0.4, 0.5) is 5.69 Å². The van der Waals surface area contributed by atoms with E-state index in [1.54, 1.807) is 7.11 Å². The van der Waals surface area contributed by atoms with Gasteiger partial charge in [-0.05, 0) is 40.2 Å². The van der Waals surface area contributed by atoms with Gasteiger partial charge in [0.15, 0.2) is 0 Å². The Morgan fingerprint density at radius 2 is 2.19 bits per heavy atom. The summed E-state index contributed by atoms with van der Waals surface area (Å²) in [4.78, 5) is 6.96. The lowest BCUT2D eigenvalue weighted by Gasteiger charge is -2.25. The van der Waals surface area contributed by atoms with E-state index in [4.69, 9.17) is 4.74 Å². The summed E-state index contributed by atoms with van der Waals surface area (Å²) in [5.41, 5.74) is 3.82. The van der Waals surface area contributed by atoms with Crippen LogP contribution in [0.3, 0.4) is 0 Å². The summed E-state index contributed by atoms with van der Waals surface area (Å²) in [7, 11) is 1.79. The maximum atomic E-state index is 5.30. The quantitative estimate of drug-likeness (QED) is 0.905. The van der Waals surface area contributed by atoms with Gasteiger partial charge in [-0.3, -0.25) is 4.98 Å². The molecule has 1 aliphatic heterocycles. The maximum Gasteiger partial charge on any atom is 0.0508 e. The molecule has 1 N–H and O–H groups in total. The summed E-state index contributed by atoms with van der Waals surface area (Å²) in [6, 6.07) is 2.22. The Morgan fingerprint density at radius 1 is 1.43 bits per heavy atom. The molecule has 0 saturated carbocycles. The highest BCUT2D eigenvalue weighted by molar-refractivity contribution is 5.54. The molecule has 1 fully saturated rings. The van der Waals surface area contributed by atoms with Gasteiger partial charge in [0.1, 0.15) is 0 Å². The molecular formula is C17H29N3O. The van der Waals surface area contributed by atoms with Crippen molar-refractivity contribution in [1.82, 2.24) is 10.3 Å². The van der Waals surface area contributed by atoms with Crippen LogP contribution in [0, 0.1) is 12.8 Å². The highest BCUT2D eigenvalue weighted by atomic mass is 16.5. The first kappa shape index (κ1) is 16.2. The number of rotatable bonds is 5. The van der Waals surface area contributed by atoms with E-state index in [1.165, 1.54) is 17.7 Å². The number of pyridine rings is 1. The van der Waals surface area contributed by atoms with Crippen LogP contribution in [0.25, 0.3) is 0 Å². The van der Waals surface area contributed by atoms with Crippen LogP contribution in [-0.2, 0) is 11.3 Å². The van der Waals surface area contributed by atoms with E-state index in [9.17, 15) is 0 Å². The lowest BCUT2D eigenvalue weighted by Crippen LogP contribution is -2.35. The second kappa shape index (κ2) is 6.75. The number of hydrogen-bond acceptors (Lipinski definition) is 4. The minimum absolute atomic E-state index is 0.117. The Labute approximate surface area is 128 Å². The van der Waals surface area contributed by atoms with Crippen LogP contribution >= 0.6 is 0 Å². The monoisotopic (exact) mass is 291 g/mol. The zero-order valence-corrected chi connectivity index (χ0v) is 14.1. The Hall–Kier alpha value is -1.13. The first-order valence-corrected chi connectivity index (χ1v) is 7.83. The molecule has 1 aromatic rings. The fourth-order valence-corrected chi connectivity index (χ4v) is 2.79. The van der Waals surface area contributed by atoms with E-state index < -0.39 is 0 Å². The first-order chi connectivity index (χ1) is 9.89. The summed E-state index contributed by atoms with van der Waals surface area (Å²) >= 11 is 0. The molecule has 0 bridgehead atoms. The molecule has 1 saturated heterocycles. The topological polar surface area (TPSA) is 37.4 Å². The van der Waals surface area contributed by atoms with E-state index in [0.717, 1.165) is 31.9 Å². The van der Waals surface area contributed by atoms with Crippen LogP contribution in [0.2, 0.25) is 0 Å². The zero-order valence-electron chi connectivity index (χ0n) is 14.1. The van der Waals surface area contributed by atoms with E-state index in [2.05, 4.69) is 49.0 Å². The third-order valence-corrected chi connectivity index (χ3v) is 3.94. The van der Waals surface area contributed by atoms with Crippen LogP contribution in [-0.4, -0.2) is 37.3 Å². The van der Waals surface area contributed by atoms with Crippen molar-refractivity contribution < 1.29 is 4.74 Å². The molecule has 0 amide bonds. The van der Waals surface area contributed by atoms with Gasteiger partial charge >= 0.3 is 0 Å². The van der Waals surface area contributed by atoms with Gasteiger partial charge in [-0.15, -0.1) is 0 Å². The molecule has 2 heterocycles. The highest BCUT2D eigenvalue weighted by Crippen LogP contribution is 2.28. The van der Waals surface area contributed by atoms with Crippen molar-refractivity contribution in [2.24, 2.45) is 5.92 Å². The second-order valence-corrected chi connectivity index (χ2v) is 7.11. The van der Waals surface area contributed by atoms with Crippen LogP contribution in [0.5, 0.6) is 0 Å². The number of methoxy groups -OCH3 is 1. The fraction of sp³-hybridized carbons (Fsp3) is 0.706. The maximum absolute atomic E-state index is 5.30. The van der Waals surface area contributed by atoms with Crippen LogP contribution in [0.1, 0.15) is 38.4 Å². The van der Waals surface area contributed by atoms with Crippen molar-refractivity contribution in [1.29, 1.82) is 0 Å². The van der Waals surface area contributed by atoms with Gasteiger partial charge in [0.25, 0.3) is 0 Å². The highest BCUT2D eigenvalue weighted by Gasteiger charge is 2.24. The van der Waals surface area contributed by atoms with Gasteiger partial charge in [-0.25, -0.2) is 0 Å². The van der Waals surface area contributed by atoms with E-state index >= 15 is 0 Å². The van der Waals surface area contributed by atoms with Crippen molar-refractivity contribution in [2.75, 3.05) is 31.7 Å². The smallest absolute Gasteiger partial charge is 0.0508 e. The molecule has 2 rings (SSSR count). The third kappa shape index (κ3) is 4.68. The standard InChI is InChI=1S/C17H29N3O/c1-13-8-16(20-7-6-14(11-20)12-21-5)15(9-18-13)10-19-17(2,3)4/h8-9,14,19H,6-7,10-12H2,1-5H3. The molecule has 1 aromatic heterocycles. The van der Waals surface area contributed by atoms with Crippen molar-refractivity contribution in [3.63, 3.8) is 0 Å². The minimum atomic E-state index is 0.117. The Morgan fingerprint density at radius 3 is 2.86 bits per heavy atom. The summed E-state index contributed by atoms with van der Waals surface area (Å²) < 4.78 is 5.30. The number of aryl methyl sites for hydroxylation is 1. The molecule has 4 heteroatoms. The molecular weight excluding hydrogens is 262 g/mol. The molecule has 1 atom stereocenters. The molecule has 0 aromatic carbocycles. The number of anilines is 1. The van der Waals surface area contributed by atoms with Crippen molar-refractivity contribution in [2.45, 2.75) is 46.2 Å². The number of aromatic nitrogens is 1. The summed E-state index contributed by atoms with van der Waals surface area (Å²) in [5.74, 6) is 0.645. The van der Waals surface area contributed by atoms with Gasteiger partial charge in [-0.2, -0.15) is 0 Å². The zero-order chi connectivity index (χ0) is 15.5. The summed E-state index contributed by atoms with van der Waals surface area (Å²) in [6.45, 7) is 12.6.